The van der Waals surface area contributed by atoms with Gasteiger partial charge >= 0.3 is 11.9 Å². The number of hydrogen-bond donors (Lipinski definition) is 4. The molecule has 4 aliphatic carbocycles. The molecule has 0 spiro atoms. The predicted molar refractivity (Wildman–Crippen MR) is 193 cm³/mol. The number of rotatable bonds is 16. The van der Waals surface area contributed by atoms with E-state index < -0.39 is 6.10 Å². The lowest BCUT2D eigenvalue weighted by Gasteiger charge is -2.69. The minimum absolute atomic E-state index is 0.0575. The Hall–Kier alpha value is -1.71. The van der Waals surface area contributed by atoms with Gasteiger partial charge in [0.2, 0.25) is 5.91 Å². The second kappa shape index (κ2) is 16.8. The van der Waals surface area contributed by atoms with Crippen LogP contribution in [0.4, 0.5) is 0 Å². The number of esters is 2. The number of unbranched alkanes of at least 4 members (excludes halogenated alkanes) is 1. The van der Waals surface area contributed by atoms with Crippen LogP contribution < -0.4 is 16.4 Å². The quantitative estimate of drug-likeness (QED) is 0.114. The number of ether oxygens (including phenoxy) is 2. The largest absolute Gasteiger partial charge is 0.462 e. The summed E-state index contributed by atoms with van der Waals surface area (Å²) < 4.78 is 12.0. The van der Waals surface area contributed by atoms with E-state index in [2.05, 4.69) is 52.2 Å². The molecule has 0 aliphatic heterocycles. The van der Waals surface area contributed by atoms with Crippen molar-refractivity contribution in [1.82, 2.24) is 10.6 Å². The van der Waals surface area contributed by atoms with Gasteiger partial charge in [-0.15, -0.1) is 0 Å². The standard InChI is InChI=1S/C40H71N3O6/c1-25(2)13-11-14-29(37(47)43-22-12-21-42-20-10-9-19-41)35-31-23-32(46)36-38(6)17-16-33(48-27(4)44)26(3)30(38)15-18-39(36,7)40(31,8)24-34(35)49-28(5)45/h25-26,29-36,42,46H,9-24,41H2,1-8H3,(H,43,47)/t26-,29-,30?,31?,32+,33+,34-,35-,36?,38-,39-,40-/m0/s1. The van der Waals surface area contributed by atoms with Gasteiger partial charge in [-0.3, -0.25) is 14.4 Å². The molecular formula is C40H71N3O6. The van der Waals surface area contributed by atoms with Crippen molar-refractivity contribution < 1.29 is 29.0 Å². The molecule has 9 heteroatoms. The van der Waals surface area contributed by atoms with Crippen LogP contribution in [0.2, 0.25) is 0 Å². The minimum atomic E-state index is -0.517. The van der Waals surface area contributed by atoms with E-state index in [0.717, 1.165) is 77.3 Å². The second-order valence-corrected chi connectivity index (χ2v) is 17.7. The number of aliphatic hydroxyl groups excluding tert-OH is 1. The van der Waals surface area contributed by atoms with Crippen molar-refractivity contribution >= 4 is 17.8 Å². The molecule has 5 N–H and O–H groups in total. The molecule has 282 valence electrons. The van der Waals surface area contributed by atoms with E-state index in [-0.39, 0.29) is 75.9 Å². The van der Waals surface area contributed by atoms with Gasteiger partial charge in [0.1, 0.15) is 12.2 Å². The second-order valence-electron chi connectivity index (χ2n) is 17.7. The van der Waals surface area contributed by atoms with Crippen LogP contribution in [0.3, 0.4) is 0 Å². The van der Waals surface area contributed by atoms with Crippen LogP contribution in [0.1, 0.15) is 132 Å². The number of amides is 1. The lowest BCUT2D eigenvalue weighted by Crippen LogP contribution is -2.66. The first-order valence-electron chi connectivity index (χ1n) is 19.8. The van der Waals surface area contributed by atoms with Crippen LogP contribution in [-0.2, 0) is 23.9 Å². The zero-order valence-corrected chi connectivity index (χ0v) is 32.2. The Morgan fingerprint density at radius 2 is 1.53 bits per heavy atom. The molecule has 0 radical (unpaired) electrons. The average molecular weight is 690 g/mol. The maximum atomic E-state index is 14.2. The predicted octanol–water partition coefficient (Wildman–Crippen LogP) is 6.00. The third-order valence-corrected chi connectivity index (χ3v) is 14.3. The zero-order valence-electron chi connectivity index (χ0n) is 32.2. The molecule has 0 aromatic carbocycles. The van der Waals surface area contributed by atoms with Crippen LogP contribution in [0.25, 0.3) is 0 Å². The Morgan fingerprint density at radius 3 is 2.18 bits per heavy atom. The normalized spacial score (nSPS) is 39.0. The number of nitrogens with two attached hydrogens (primary N) is 1. The smallest absolute Gasteiger partial charge is 0.302 e. The van der Waals surface area contributed by atoms with Gasteiger partial charge in [0.15, 0.2) is 0 Å². The Kier molecular flexibility index (Phi) is 13.7. The number of hydrogen-bond acceptors (Lipinski definition) is 8. The highest BCUT2D eigenvalue weighted by Gasteiger charge is 2.72. The van der Waals surface area contributed by atoms with Crippen molar-refractivity contribution in [1.29, 1.82) is 0 Å². The molecule has 4 rings (SSSR count). The number of carbonyl (C=O) groups is 3. The molecule has 4 fully saturated rings. The average Bonchev–Trinajstić information content (AvgIpc) is 3.28. The monoisotopic (exact) mass is 690 g/mol. The summed E-state index contributed by atoms with van der Waals surface area (Å²) in [6, 6.07) is 0. The molecule has 0 bridgehead atoms. The van der Waals surface area contributed by atoms with E-state index in [4.69, 9.17) is 15.2 Å². The van der Waals surface area contributed by atoms with Gasteiger partial charge in [0.25, 0.3) is 0 Å². The SMILES string of the molecule is CC(=O)O[C@H]1C[C@@]2(C)C(C[C@@H](O)C3[C@@]4(C)CC[C@@H](OC(C)=O)[C@@H](C)C4CC[C@@]32C)[C@@H]1[C@H](CCCC(C)C)C(=O)NCCCNCCCCN. The van der Waals surface area contributed by atoms with Crippen LogP contribution in [0, 0.1) is 57.7 Å². The third-order valence-electron chi connectivity index (χ3n) is 14.3. The summed E-state index contributed by atoms with van der Waals surface area (Å²) >= 11 is 0. The lowest BCUT2D eigenvalue weighted by molar-refractivity contribution is -0.241. The number of aliphatic hydroxyl groups is 1. The van der Waals surface area contributed by atoms with E-state index in [1.54, 1.807) is 0 Å². The van der Waals surface area contributed by atoms with Gasteiger partial charge in [0, 0.05) is 32.2 Å². The van der Waals surface area contributed by atoms with Gasteiger partial charge < -0.3 is 30.9 Å². The fourth-order valence-electron chi connectivity index (χ4n) is 12.0. The van der Waals surface area contributed by atoms with Crippen LogP contribution in [0.5, 0.6) is 0 Å². The highest BCUT2D eigenvalue weighted by molar-refractivity contribution is 5.79. The van der Waals surface area contributed by atoms with Crippen molar-refractivity contribution in [3.05, 3.63) is 0 Å². The lowest BCUT2D eigenvalue weighted by atomic mass is 9.36. The third kappa shape index (κ3) is 8.35. The van der Waals surface area contributed by atoms with E-state index in [1.807, 2.05) is 0 Å². The summed E-state index contributed by atoms with van der Waals surface area (Å²) in [6.07, 6.45) is 9.72. The van der Waals surface area contributed by atoms with E-state index in [0.29, 0.717) is 37.8 Å². The fraction of sp³-hybridized carbons (Fsp3) is 0.925. The Balaban J connectivity index is 1.61. The first kappa shape index (κ1) is 40.1. The van der Waals surface area contributed by atoms with Gasteiger partial charge in [-0.25, -0.2) is 0 Å². The van der Waals surface area contributed by atoms with Gasteiger partial charge in [-0.05, 0) is 130 Å². The first-order valence-corrected chi connectivity index (χ1v) is 19.8. The molecular weight excluding hydrogens is 618 g/mol. The maximum absolute atomic E-state index is 14.2. The van der Waals surface area contributed by atoms with Crippen molar-refractivity contribution in [2.75, 3.05) is 26.2 Å². The molecule has 49 heavy (non-hydrogen) atoms. The number of carbonyl (C=O) groups excluding carboxylic acids is 3. The van der Waals surface area contributed by atoms with Crippen LogP contribution in [0.15, 0.2) is 0 Å². The fourth-order valence-corrected chi connectivity index (χ4v) is 12.0. The van der Waals surface area contributed by atoms with Crippen molar-refractivity contribution in [2.24, 2.45) is 63.4 Å². The minimum Gasteiger partial charge on any atom is -0.462 e. The molecule has 4 saturated carbocycles. The van der Waals surface area contributed by atoms with Crippen molar-refractivity contribution in [3.8, 4) is 0 Å². The molecule has 0 heterocycles. The molecule has 9 nitrogen and oxygen atoms in total. The molecule has 0 aromatic rings. The zero-order chi connectivity index (χ0) is 36.1. The Morgan fingerprint density at radius 1 is 0.857 bits per heavy atom. The summed E-state index contributed by atoms with van der Waals surface area (Å²) in [5, 5.41) is 19.1. The molecule has 0 aromatic heterocycles. The Bertz CT molecular complexity index is 1130. The highest BCUT2D eigenvalue weighted by atomic mass is 16.5. The van der Waals surface area contributed by atoms with Crippen molar-refractivity contribution in [3.63, 3.8) is 0 Å². The van der Waals surface area contributed by atoms with Crippen LogP contribution >= 0.6 is 0 Å². The Labute approximate surface area is 297 Å². The molecule has 1 amide bonds. The summed E-state index contributed by atoms with van der Waals surface area (Å²) in [4.78, 5) is 38.8. The van der Waals surface area contributed by atoms with Gasteiger partial charge in [0.05, 0.1) is 6.10 Å². The first-order chi connectivity index (χ1) is 23.1. The highest BCUT2D eigenvalue weighted by Crippen LogP contribution is 2.75. The summed E-state index contributed by atoms with van der Waals surface area (Å²) in [5.74, 6) is 0.364. The maximum Gasteiger partial charge on any atom is 0.302 e. The molecule has 4 aliphatic rings. The summed E-state index contributed by atoms with van der Waals surface area (Å²) in [7, 11) is 0. The van der Waals surface area contributed by atoms with E-state index >= 15 is 0 Å². The van der Waals surface area contributed by atoms with Gasteiger partial charge in [-0.1, -0.05) is 54.4 Å². The topological polar surface area (TPSA) is 140 Å². The number of fused-ring (bicyclic) bond motifs is 5. The van der Waals surface area contributed by atoms with Crippen molar-refractivity contribution in [2.45, 2.75) is 151 Å². The van der Waals surface area contributed by atoms with Crippen LogP contribution in [-0.4, -0.2) is 67.4 Å². The molecule has 0 saturated heterocycles. The summed E-state index contributed by atoms with van der Waals surface area (Å²) in [5.41, 5.74) is 5.10. The van der Waals surface area contributed by atoms with E-state index in [1.165, 1.54) is 13.8 Å². The van der Waals surface area contributed by atoms with Gasteiger partial charge in [-0.2, -0.15) is 0 Å². The molecule has 12 atom stereocenters. The number of nitrogens with one attached hydrogen (secondary N) is 2. The molecule has 3 unspecified atom stereocenters. The van der Waals surface area contributed by atoms with E-state index in [9.17, 15) is 19.5 Å². The summed E-state index contributed by atoms with van der Waals surface area (Å²) in [6.45, 7) is 19.9.